The van der Waals surface area contributed by atoms with Crippen LogP contribution in [0, 0.1) is 5.92 Å². The van der Waals surface area contributed by atoms with Crippen molar-refractivity contribution < 1.29 is 9.15 Å². The molecule has 0 spiro atoms. The van der Waals surface area contributed by atoms with Crippen molar-refractivity contribution in [1.29, 1.82) is 0 Å². The Morgan fingerprint density at radius 3 is 2.56 bits per heavy atom. The number of aryl methyl sites for hydroxylation is 1. The van der Waals surface area contributed by atoms with E-state index in [1.54, 1.807) is 0 Å². The number of nitrogens with zero attached hydrogens (tertiary/aromatic N) is 2. The van der Waals surface area contributed by atoms with Gasteiger partial charge in [-0.05, 0) is 47.9 Å². The molecule has 1 aromatic heterocycles. The molecule has 0 radical (unpaired) electrons. The number of aromatic nitrogens is 2. The maximum Gasteiger partial charge on any atom is 0.312 e. The average molecular weight is 335 g/mol. The van der Waals surface area contributed by atoms with Crippen molar-refractivity contribution in [1.82, 2.24) is 10.2 Å². The van der Waals surface area contributed by atoms with E-state index in [1.807, 2.05) is 18.2 Å². The smallest absolute Gasteiger partial charge is 0.312 e. The number of hydrogen-bond acceptors (Lipinski definition) is 5. The van der Waals surface area contributed by atoms with Crippen LogP contribution in [-0.4, -0.2) is 10.2 Å². The predicted molar refractivity (Wildman–Crippen MR) is 95.1 cm³/mol. The first-order valence-electron chi connectivity index (χ1n) is 8.62. The highest BCUT2D eigenvalue weighted by atomic mass is 16.5. The van der Waals surface area contributed by atoms with Gasteiger partial charge in [0.2, 0.25) is 5.89 Å². The predicted octanol–water partition coefficient (Wildman–Crippen LogP) is 3.97. The second-order valence-corrected chi connectivity index (χ2v) is 6.52. The zero-order valence-corrected chi connectivity index (χ0v) is 14.0. The third kappa shape index (κ3) is 3.99. The molecule has 0 aliphatic heterocycles. The normalized spacial score (nSPS) is 18.9. The van der Waals surface area contributed by atoms with Crippen LogP contribution in [0.3, 0.4) is 0 Å². The SMILES string of the molecule is Nc1nnc(CCC2C[C@H]2c2ccc(OCc3ccccc3)cc2)o1. The van der Waals surface area contributed by atoms with Gasteiger partial charge < -0.3 is 14.9 Å². The number of benzene rings is 2. The van der Waals surface area contributed by atoms with E-state index in [4.69, 9.17) is 14.9 Å². The molecule has 1 heterocycles. The third-order valence-corrected chi connectivity index (χ3v) is 4.69. The molecule has 1 unspecified atom stereocenters. The van der Waals surface area contributed by atoms with Gasteiger partial charge in [0, 0.05) is 6.42 Å². The first-order valence-corrected chi connectivity index (χ1v) is 8.62. The second kappa shape index (κ2) is 6.97. The van der Waals surface area contributed by atoms with Crippen molar-refractivity contribution in [3.63, 3.8) is 0 Å². The molecule has 1 aliphatic rings. The lowest BCUT2D eigenvalue weighted by atomic mass is 10.1. The zero-order valence-electron chi connectivity index (χ0n) is 14.0. The van der Waals surface area contributed by atoms with Crippen LogP contribution in [0.4, 0.5) is 6.01 Å². The van der Waals surface area contributed by atoms with Crippen molar-refractivity contribution in [2.45, 2.75) is 31.8 Å². The zero-order chi connectivity index (χ0) is 17.1. The van der Waals surface area contributed by atoms with Gasteiger partial charge in [0.05, 0.1) is 0 Å². The number of rotatable bonds is 7. The van der Waals surface area contributed by atoms with Gasteiger partial charge >= 0.3 is 6.01 Å². The summed E-state index contributed by atoms with van der Waals surface area (Å²) in [4.78, 5) is 0. The van der Waals surface area contributed by atoms with Gasteiger partial charge in [0.15, 0.2) is 0 Å². The van der Waals surface area contributed by atoms with Crippen molar-refractivity contribution >= 4 is 6.01 Å². The maximum atomic E-state index is 5.84. The standard InChI is InChI=1S/C20H21N3O2/c21-20-23-22-19(25-20)11-8-16-12-18(16)15-6-9-17(10-7-15)24-13-14-4-2-1-3-5-14/h1-7,9-10,16,18H,8,11-13H2,(H2,21,23)/t16?,18-/m0/s1. The van der Waals surface area contributed by atoms with Crippen LogP contribution >= 0.6 is 0 Å². The molecule has 1 saturated carbocycles. The first-order chi connectivity index (χ1) is 12.3. The first kappa shape index (κ1) is 15.7. The minimum atomic E-state index is 0.147. The summed E-state index contributed by atoms with van der Waals surface area (Å²) in [5.74, 6) is 2.85. The lowest BCUT2D eigenvalue weighted by Gasteiger charge is -2.07. The molecule has 2 aromatic carbocycles. The molecule has 0 amide bonds. The summed E-state index contributed by atoms with van der Waals surface area (Å²) in [6.45, 7) is 0.597. The maximum absolute atomic E-state index is 5.84. The molecule has 5 heteroatoms. The van der Waals surface area contributed by atoms with Crippen LogP contribution in [0.2, 0.25) is 0 Å². The van der Waals surface area contributed by atoms with E-state index in [1.165, 1.54) is 17.5 Å². The van der Waals surface area contributed by atoms with E-state index in [0.29, 0.717) is 24.3 Å². The largest absolute Gasteiger partial charge is 0.489 e. The third-order valence-electron chi connectivity index (χ3n) is 4.69. The highest BCUT2D eigenvalue weighted by Crippen LogP contribution is 2.50. The molecule has 0 saturated heterocycles. The van der Waals surface area contributed by atoms with E-state index < -0.39 is 0 Å². The topological polar surface area (TPSA) is 74.2 Å². The van der Waals surface area contributed by atoms with Crippen molar-refractivity contribution in [2.75, 3.05) is 5.73 Å². The summed E-state index contributed by atoms with van der Waals surface area (Å²) in [5, 5.41) is 7.60. The molecule has 4 rings (SSSR count). The minimum Gasteiger partial charge on any atom is -0.489 e. The van der Waals surface area contributed by atoms with Gasteiger partial charge in [-0.1, -0.05) is 47.6 Å². The van der Waals surface area contributed by atoms with Crippen LogP contribution < -0.4 is 10.5 Å². The second-order valence-electron chi connectivity index (χ2n) is 6.52. The number of nitrogens with two attached hydrogens (primary N) is 1. The van der Waals surface area contributed by atoms with E-state index >= 15 is 0 Å². The summed E-state index contributed by atoms with van der Waals surface area (Å²) >= 11 is 0. The highest BCUT2D eigenvalue weighted by Gasteiger charge is 2.37. The van der Waals surface area contributed by atoms with Gasteiger partial charge in [0.1, 0.15) is 12.4 Å². The summed E-state index contributed by atoms with van der Waals surface area (Å²) in [6, 6.07) is 18.8. The summed E-state index contributed by atoms with van der Waals surface area (Å²) < 4.78 is 11.1. The van der Waals surface area contributed by atoms with Crippen molar-refractivity contribution in [3.8, 4) is 5.75 Å². The van der Waals surface area contributed by atoms with E-state index in [9.17, 15) is 0 Å². The van der Waals surface area contributed by atoms with Crippen molar-refractivity contribution in [3.05, 3.63) is 71.6 Å². The Morgan fingerprint density at radius 1 is 1.04 bits per heavy atom. The Morgan fingerprint density at radius 2 is 1.84 bits per heavy atom. The monoisotopic (exact) mass is 335 g/mol. The van der Waals surface area contributed by atoms with Gasteiger partial charge in [0.25, 0.3) is 0 Å². The van der Waals surface area contributed by atoms with Gasteiger partial charge in [-0.3, -0.25) is 0 Å². The Bertz CT molecular complexity index is 814. The van der Waals surface area contributed by atoms with E-state index in [2.05, 4.69) is 46.6 Å². The molecule has 2 N–H and O–H groups in total. The molecule has 1 fully saturated rings. The lowest BCUT2D eigenvalue weighted by Crippen LogP contribution is -1.95. The van der Waals surface area contributed by atoms with Gasteiger partial charge in [-0.15, -0.1) is 5.10 Å². The van der Waals surface area contributed by atoms with Gasteiger partial charge in [-0.2, -0.15) is 0 Å². The van der Waals surface area contributed by atoms with E-state index in [0.717, 1.165) is 18.6 Å². The summed E-state index contributed by atoms with van der Waals surface area (Å²) in [6.07, 6.45) is 3.07. The van der Waals surface area contributed by atoms with Crippen LogP contribution in [0.25, 0.3) is 0 Å². The number of hydrogen-bond donors (Lipinski definition) is 1. The molecule has 3 aromatic rings. The summed E-state index contributed by atoms with van der Waals surface area (Å²) in [7, 11) is 0. The molecule has 0 bridgehead atoms. The molecule has 1 aliphatic carbocycles. The Labute approximate surface area is 146 Å². The number of nitrogen functional groups attached to an aromatic ring is 1. The molecular formula is C20H21N3O2. The van der Waals surface area contributed by atoms with Crippen LogP contribution in [-0.2, 0) is 13.0 Å². The Hall–Kier alpha value is -2.82. The highest BCUT2D eigenvalue weighted by molar-refractivity contribution is 5.33. The Kier molecular flexibility index (Phi) is 4.37. The molecule has 2 atom stereocenters. The van der Waals surface area contributed by atoms with Crippen LogP contribution in [0.5, 0.6) is 5.75 Å². The average Bonchev–Trinajstić information content (AvgIpc) is 3.32. The van der Waals surface area contributed by atoms with Crippen LogP contribution in [0.15, 0.2) is 59.0 Å². The molecule has 5 nitrogen and oxygen atoms in total. The van der Waals surface area contributed by atoms with E-state index in [-0.39, 0.29) is 6.01 Å². The molecular weight excluding hydrogens is 314 g/mol. The Balaban J connectivity index is 1.26. The van der Waals surface area contributed by atoms with Gasteiger partial charge in [-0.25, -0.2) is 0 Å². The fourth-order valence-corrected chi connectivity index (χ4v) is 3.20. The number of anilines is 1. The fourth-order valence-electron chi connectivity index (χ4n) is 3.20. The molecule has 25 heavy (non-hydrogen) atoms. The molecule has 128 valence electrons. The summed E-state index contributed by atoms with van der Waals surface area (Å²) in [5.41, 5.74) is 8.00. The number of ether oxygens (including phenoxy) is 1. The fraction of sp³-hybridized carbons (Fsp3) is 0.300. The van der Waals surface area contributed by atoms with Crippen LogP contribution in [0.1, 0.15) is 35.8 Å². The quantitative estimate of drug-likeness (QED) is 0.707. The minimum absolute atomic E-state index is 0.147. The van der Waals surface area contributed by atoms with Crippen molar-refractivity contribution in [2.24, 2.45) is 5.92 Å². The lowest BCUT2D eigenvalue weighted by molar-refractivity contribution is 0.306.